The van der Waals surface area contributed by atoms with E-state index in [2.05, 4.69) is 10.5 Å². The summed E-state index contributed by atoms with van der Waals surface area (Å²) in [5, 5.41) is 3.84. The highest BCUT2D eigenvalue weighted by Crippen LogP contribution is 2.28. The number of nitrogens with one attached hydrogen (secondary N) is 1. The van der Waals surface area contributed by atoms with Crippen LogP contribution in [-0.2, 0) is 10.1 Å². The molecule has 0 amide bonds. The largest absolute Gasteiger partial charge is 0.382 e. The van der Waals surface area contributed by atoms with Gasteiger partial charge in [0.25, 0.3) is 10.1 Å². The summed E-state index contributed by atoms with van der Waals surface area (Å²) < 4.78 is 32.3. The third-order valence-electron chi connectivity index (χ3n) is 2.64. The molecule has 0 aromatic heterocycles. The van der Waals surface area contributed by atoms with Crippen molar-refractivity contribution < 1.29 is 13.0 Å². The van der Waals surface area contributed by atoms with Crippen LogP contribution in [0.1, 0.15) is 11.1 Å². The summed E-state index contributed by atoms with van der Waals surface area (Å²) in [5.74, 6) is 0.0133. The molecule has 0 unspecified atom stereocenters. The normalized spacial score (nSPS) is 16.0. The van der Waals surface area contributed by atoms with Crippen LogP contribution in [0.4, 0.5) is 0 Å². The lowest BCUT2D eigenvalue weighted by molar-refractivity contribution is 0.406. The van der Waals surface area contributed by atoms with Gasteiger partial charge in [-0.05, 0) is 30.2 Å². The summed E-state index contributed by atoms with van der Waals surface area (Å²) in [6.07, 6.45) is 0. The highest BCUT2D eigenvalue weighted by Gasteiger charge is 2.22. The van der Waals surface area contributed by atoms with Gasteiger partial charge in [0.2, 0.25) is 0 Å². The Labute approximate surface area is 125 Å². The molecular weight excluding hydrogens is 327 g/mol. The number of rotatable bonds is 2. The third-order valence-corrected chi connectivity index (χ3v) is 3.92. The van der Waals surface area contributed by atoms with Crippen molar-refractivity contribution in [3.63, 3.8) is 0 Å². The number of aryl methyl sites for hydroxylation is 1. The Kier molecular flexibility index (Phi) is 3.83. The van der Waals surface area contributed by atoms with Gasteiger partial charge in [0.05, 0.1) is 22.2 Å². The number of hydrazine groups is 1. The molecule has 7 nitrogen and oxygen atoms in total. The van der Waals surface area contributed by atoms with Gasteiger partial charge in [0, 0.05) is 0 Å². The number of hydrogen-bond acceptors (Lipinski definition) is 6. The Morgan fingerprint density at radius 3 is 2.65 bits per heavy atom. The van der Waals surface area contributed by atoms with Crippen LogP contribution in [0.25, 0.3) is 5.57 Å². The van der Waals surface area contributed by atoms with Gasteiger partial charge in [-0.15, -0.1) is 9.74 Å². The van der Waals surface area contributed by atoms with E-state index in [4.69, 9.17) is 33.7 Å². The number of amidine groups is 1. The molecule has 1 aromatic rings. The van der Waals surface area contributed by atoms with E-state index in [0.717, 1.165) is 4.64 Å². The van der Waals surface area contributed by atoms with E-state index < -0.39 is 10.1 Å². The van der Waals surface area contributed by atoms with E-state index in [1.165, 1.54) is 18.2 Å². The zero-order valence-corrected chi connectivity index (χ0v) is 12.5. The Balaban J connectivity index is 2.64. The van der Waals surface area contributed by atoms with Gasteiger partial charge in [-0.25, -0.2) is 0 Å². The Hall–Kier alpha value is -1.48. The highest BCUT2D eigenvalue weighted by molar-refractivity contribution is 7.85. The summed E-state index contributed by atoms with van der Waals surface area (Å²) in [5.41, 5.74) is 9.68. The lowest BCUT2D eigenvalue weighted by Gasteiger charge is -2.22. The van der Waals surface area contributed by atoms with E-state index in [1.54, 1.807) is 6.92 Å². The second-order valence-corrected chi connectivity index (χ2v) is 6.12. The SMILES string of the molecule is Cc1ccc(S(=O)(=O)O)cc1C1=C(Cl)NN(Cl)N=C1N. The molecule has 0 radical (unpaired) electrons. The molecule has 10 heteroatoms. The molecule has 1 aliphatic heterocycles. The lowest BCUT2D eigenvalue weighted by atomic mass is 10.0. The van der Waals surface area contributed by atoms with Gasteiger partial charge in [0.1, 0.15) is 5.16 Å². The Morgan fingerprint density at radius 2 is 2.10 bits per heavy atom. The molecule has 0 fully saturated rings. The molecule has 0 aliphatic carbocycles. The first-order chi connectivity index (χ1) is 9.20. The van der Waals surface area contributed by atoms with Crippen molar-refractivity contribution in [2.45, 2.75) is 11.8 Å². The molecule has 0 atom stereocenters. The van der Waals surface area contributed by atoms with Crippen molar-refractivity contribution >= 4 is 44.9 Å². The molecule has 0 saturated carbocycles. The highest BCUT2D eigenvalue weighted by atomic mass is 35.5. The van der Waals surface area contributed by atoms with E-state index in [-0.39, 0.29) is 15.9 Å². The lowest BCUT2D eigenvalue weighted by Crippen LogP contribution is -2.34. The predicted octanol–water partition coefficient (Wildman–Crippen LogP) is 1.40. The second-order valence-electron chi connectivity index (χ2n) is 4.00. The molecule has 1 heterocycles. The fourth-order valence-corrected chi connectivity index (χ4v) is 2.70. The summed E-state index contributed by atoms with van der Waals surface area (Å²) >= 11 is 11.6. The molecule has 0 spiro atoms. The molecule has 20 heavy (non-hydrogen) atoms. The topological polar surface area (TPSA) is 108 Å². The van der Waals surface area contributed by atoms with Crippen molar-refractivity contribution in [3.05, 3.63) is 34.5 Å². The average molecular weight is 337 g/mol. The van der Waals surface area contributed by atoms with Gasteiger partial charge in [0.15, 0.2) is 5.84 Å². The summed E-state index contributed by atoms with van der Waals surface area (Å²) in [4.78, 5) is -0.267. The van der Waals surface area contributed by atoms with Crippen LogP contribution in [0.5, 0.6) is 0 Å². The zero-order valence-electron chi connectivity index (χ0n) is 10.1. The van der Waals surface area contributed by atoms with Crippen molar-refractivity contribution in [1.29, 1.82) is 0 Å². The van der Waals surface area contributed by atoms with E-state index in [9.17, 15) is 8.42 Å². The maximum atomic E-state index is 11.2. The van der Waals surface area contributed by atoms with Crippen LogP contribution < -0.4 is 11.2 Å². The Morgan fingerprint density at radius 1 is 1.45 bits per heavy atom. The van der Waals surface area contributed by atoms with Gasteiger partial charge in [-0.3, -0.25) is 9.98 Å². The van der Waals surface area contributed by atoms with Crippen LogP contribution >= 0.6 is 23.4 Å². The summed E-state index contributed by atoms with van der Waals surface area (Å²) in [6.45, 7) is 1.74. The fourth-order valence-electron chi connectivity index (χ4n) is 1.71. The van der Waals surface area contributed by atoms with Crippen LogP contribution in [0.3, 0.4) is 0 Å². The first kappa shape index (κ1) is 14.9. The Bertz CT molecular complexity index is 730. The monoisotopic (exact) mass is 336 g/mol. The van der Waals surface area contributed by atoms with Crippen molar-refractivity contribution in [1.82, 2.24) is 10.1 Å². The van der Waals surface area contributed by atoms with Crippen LogP contribution in [0.2, 0.25) is 0 Å². The standard InChI is InChI=1S/C10H10Cl2N4O3S/c1-5-2-3-6(20(17,18)19)4-7(5)8-9(11)14-16(12)15-10(8)13/h2-4,14H,1H3,(H2,13,15)(H,17,18,19). The van der Waals surface area contributed by atoms with Crippen LogP contribution in [0, 0.1) is 6.92 Å². The van der Waals surface area contributed by atoms with Crippen LogP contribution in [-0.4, -0.2) is 23.4 Å². The molecule has 1 aromatic carbocycles. The predicted molar refractivity (Wildman–Crippen MR) is 76.2 cm³/mol. The first-order valence-corrected chi connectivity index (χ1v) is 7.41. The molecule has 1 aliphatic rings. The van der Waals surface area contributed by atoms with Gasteiger partial charge >= 0.3 is 0 Å². The number of hydrogen-bond donors (Lipinski definition) is 3. The summed E-state index contributed by atoms with van der Waals surface area (Å²) in [7, 11) is -4.33. The van der Waals surface area contributed by atoms with Crippen LogP contribution in [0.15, 0.2) is 33.4 Å². The fraction of sp³-hybridized carbons (Fsp3) is 0.100. The maximum Gasteiger partial charge on any atom is 0.294 e. The number of nitrogens with zero attached hydrogens (tertiary/aromatic N) is 2. The maximum absolute atomic E-state index is 11.2. The molecule has 2 rings (SSSR count). The van der Waals surface area contributed by atoms with Crippen molar-refractivity contribution in [2.75, 3.05) is 0 Å². The minimum atomic E-state index is -4.33. The van der Waals surface area contributed by atoms with E-state index in [0.29, 0.717) is 16.7 Å². The number of nitrogens with two attached hydrogens (primary N) is 1. The van der Waals surface area contributed by atoms with Crippen molar-refractivity contribution in [3.8, 4) is 0 Å². The van der Waals surface area contributed by atoms with Gasteiger partial charge in [-0.1, -0.05) is 17.7 Å². The average Bonchev–Trinajstić information content (AvgIpc) is 2.28. The third kappa shape index (κ3) is 2.83. The minimum absolute atomic E-state index is 0.0133. The van der Waals surface area contributed by atoms with E-state index in [1.807, 2.05) is 0 Å². The minimum Gasteiger partial charge on any atom is -0.382 e. The number of hydrazone groups is 1. The molecule has 0 saturated heterocycles. The molecule has 108 valence electrons. The van der Waals surface area contributed by atoms with Gasteiger partial charge in [-0.2, -0.15) is 8.42 Å². The second kappa shape index (κ2) is 5.13. The first-order valence-electron chi connectivity index (χ1n) is 5.25. The number of benzene rings is 1. The van der Waals surface area contributed by atoms with E-state index >= 15 is 0 Å². The quantitative estimate of drug-likeness (QED) is 0.428. The zero-order chi connectivity index (χ0) is 15.1. The van der Waals surface area contributed by atoms with Crippen molar-refractivity contribution in [2.24, 2.45) is 10.8 Å². The molecular formula is C10H10Cl2N4O3S. The summed E-state index contributed by atoms with van der Waals surface area (Å²) in [6, 6.07) is 4.06. The smallest absolute Gasteiger partial charge is 0.294 e. The van der Waals surface area contributed by atoms with Gasteiger partial charge < -0.3 is 5.73 Å². The molecule has 4 N–H and O–H groups in total. The number of halogens is 2. The molecule has 0 bridgehead atoms.